The first-order valence-electron chi connectivity index (χ1n) is 20.2. The Hall–Kier alpha value is 0.430. The maximum absolute atomic E-state index is 2.35. The molecule has 0 heterocycles. The Morgan fingerprint density at radius 3 is 0.512 bits per heavy atom. The zero-order valence-electron chi connectivity index (χ0n) is 30.0. The van der Waals surface area contributed by atoms with Crippen LogP contribution in [0.5, 0.6) is 0 Å². The van der Waals surface area contributed by atoms with E-state index in [2.05, 4.69) is 27.7 Å². The fourth-order valence-corrected chi connectivity index (χ4v) is 12.8. The Bertz CT molecular complexity index is 412. The molecule has 0 aliphatic heterocycles. The van der Waals surface area contributed by atoms with Gasteiger partial charge in [0.2, 0.25) is 0 Å². The van der Waals surface area contributed by atoms with E-state index in [9.17, 15) is 0 Å². The van der Waals surface area contributed by atoms with Crippen molar-refractivity contribution in [3.8, 4) is 0 Å². The molecule has 0 nitrogen and oxygen atoms in total. The van der Waals surface area contributed by atoms with Crippen LogP contribution in [-0.4, -0.2) is 24.6 Å². The zero-order chi connectivity index (χ0) is 30.0. The summed E-state index contributed by atoms with van der Waals surface area (Å²) in [6, 6.07) is 0. The molecule has 0 aromatic heterocycles. The number of hydrogen-bond acceptors (Lipinski definition) is 0. The van der Waals surface area contributed by atoms with Crippen molar-refractivity contribution in [2.45, 2.75) is 233 Å². The Morgan fingerprint density at radius 1 is 0.195 bits per heavy atom. The Balaban J connectivity index is 4.74. The molecule has 250 valence electrons. The minimum absolute atomic E-state index is 1.12. The van der Waals surface area contributed by atoms with E-state index in [4.69, 9.17) is 0 Å². The second kappa shape index (κ2) is 34.9. The molecule has 0 fully saturated rings. The summed E-state index contributed by atoms with van der Waals surface area (Å²) in [4.78, 5) is 0. The van der Waals surface area contributed by atoms with Crippen LogP contribution in [-0.2, 0) is 0 Å². The Labute approximate surface area is 264 Å². The Kier molecular flexibility index (Phi) is 35.3. The van der Waals surface area contributed by atoms with Crippen LogP contribution in [0, 0.1) is 0 Å². The van der Waals surface area contributed by atoms with Crippen LogP contribution in [0.25, 0.3) is 0 Å². The summed E-state index contributed by atoms with van der Waals surface area (Å²) >= 11 is 0. The number of unbranched alkanes of at least 4 members (excludes halogenated alkanes) is 28. The molecule has 0 spiro atoms. The fourth-order valence-electron chi connectivity index (χ4n) is 7.29. The molecule has 0 radical (unpaired) electrons. The summed E-state index contributed by atoms with van der Waals surface area (Å²) in [6.45, 7) is 9.38. The van der Waals surface area contributed by atoms with Crippen molar-refractivity contribution in [3.05, 3.63) is 0 Å². The molecule has 1 heteroatoms. The molecule has 0 unspecified atom stereocenters. The van der Waals surface area contributed by atoms with Crippen LogP contribution >= 0.6 is 7.26 Å². The van der Waals surface area contributed by atoms with Gasteiger partial charge in [-0.1, -0.05) is 6.92 Å². The first kappa shape index (κ1) is 41.4. The molecule has 0 aromatic rings. The van der Waals surface area contributed by atoms with E-state index in [1.807, 2.05) is 0 Å². The van der Waals surface area contributed by atoms with E-state index >= 15 is 0 Å². The third-order valence-electron chi connectivity index (χ3n) is 10.2. The molecule has 0 bridgehead atoms. The van der Waals surface area contributed by atoms with Gasteiger partial charge < -0.3 is 0 Å². The second-order valence-corrected chi connectivity index (χ2v) is 19.4. The van der Waals surface area contributed by atoms with Gasteiger partial charge in [-0.25, -0.2) is 0 Å². The molecule has 0 N–H and O–H groups in total. The van der Waals surface area contributed by atoms with Crippen molar-refractivity contribution in [1.82, 2.24) is 0 Å². The predicted molar refractivity (Wildman–Crippen MR) is 198 cm³/mol. The van der Waals surface area contributed by atoms with Gasteiger partial charge in [0.25, 0.3) is 0 Å². The van der Waals surface area contributed by atoms with Gasteiger partial charge in [-0.2, -0.15) is 0 Å². The van der Waals surface area contributed by atoms with E-state index in [1.165, 1.54) is 180 Å². The fraction of sp³-hybridized carbons (Fsp3) is 1.00. The van der Waals surface area contributed by atoms with E-state index in [0.29, 0.717) is 0 Å². The quantitative estimate of drug-likeness (QED) is 0.0498. The molecule has 0 atom stereocenters. The van der Waals surface area contributed by atoms with Gasteiger partial charge in [0.05, 0.1) is 0 Å². The first-order valence-corrected chi connectivity index (χ1v) is 23.1. The van der Waals surface area contributed by atoms with Gasteiger partial charge in [-0.05, 0) is 0 Å². The zero-order valence-corrected chi connectivity index (χ0v) is 31.0. The van der Waals surface area contributed by atoms with Crippen molar-refractivity contribution in [3.63, 3.8) is 0 Å². The standard InChI is InChI=1S/C40H85P/c1-5-9-13-17-21-22-23-24-28-32-36-40-41(37-33-29-25-18-14-10-6-2,38-34-30-26-19-15-11-7-3)39-35-31-27-20-16-12-8-4/h41H,5-40H2,1-4H3. The first-order chi connectivity index (χ1) is 20.2. The van der Waals surface area contributed by atoms with Gasteiger partial charge in [-0.15, -0.1) is 0 Å². The van der Waals surface area contributed by atoms with Crippen LogP contribution in [0.4, 0.5) is 0 Å². The third-order valence-corrected chi connectivity index (χ3v) is 15.9. The van der Waals surface area contributed by atoms with Crippen LogP contribution in [0.3, 0.4) is 0 Å². The molecule has 0 saturated carbocycles. The number of hydrogen-bond donors (Lipinski definition) is 0. The summed E-state index contributed by atoms with van der Waals surface area (Å²) in [5.41, 5.74) is 0. The molecular weight excluding hydrogens is 511 g/mol. The molecule has 0 saturated heterocycles. The van der Waals surface area contributed by atoms with Gasteiger partial charge in [-0.3, -0.25) is 0 Å². The summed E-state index contributed by atoms with van der Waals surface area (Å²) in [7, 11) is -1.12. The molecule has 41 heavy (non-hydrogen) atoms. The van der Waals surface area contributed by atoms with E-state index in [1.54, 1.807) is 50.3 Å². The van der Waals surface area contributed by atoms with Crippen LogP contribution < -0.4 is 0 Å². The minimum atomic E-state index is -1.12. The van der Waals surface area contributed by atoms with Crippen molar-refractivity contribution in [2.75, 3.05) is 24.6 Å². The molecule has 0 aromatic carbocycles. The summed E-state index contributed by atoms with van der Waals surface area (Å²) in [5.74, 6) is 0. The number of rotatable bonds is 36. The molecular formula is C40H85P. The average molecular weight is 597 g/mol. The molecule has 0 rings (SSSR count). The van der Waals surface area contributed by atoms with Crippen molar-refractivity contribution >= 4 is 7.26 Å². The summed E-state index contributed by atoms with van der Waals surface area (Å²) < 4.78 is 0. The van der Waals surface area contributed by atoms with Gasteiger partial charge in [0, 0.05) is 0 Å². The van der Waals surface area contributed by atoms with Crippen molar-refractivity contribution < 1.29 is 0 Å². The molecule has 0 aliphatic carbocycles. The SMILES string of the molecule is CCCCCCCCCCCCC[PH](CCCCCCCCC)(CCCCCCCCC)CCCCCCCCC. The van der Waals surface area contributed by atoms with Gasteiger partial charge >= 0.3 is 258 Å². The Morgan fingerprint density at radius 2 is 0.341 bits per heavy atom. The van der Waals surface area contributed by atoms with Crippen LogP contribution in [0.1, 0.15) is 233 Å². The van der Waals surface area contributed by atoms with Crippen LogP contribution in [0.15, 0.2) is 0 Å². The van der Waals surface area contributed by atoms with Crippen LogP contribution in [0.2, 0.25) is 0 Å². The van der Waals surface area contributed by atoms with Crippen molar-refractivity contribution in [2.24, 2.45) is 0 Å². The topological polar surface area (TPSA) is 0 Å². The monoisotopic (exact) mass is 597 g/mol. The third kappa shape index (κ3) is 30.2. The van der Waals surface area contributed by atoms with Gasteiger partial charge in [0.15, 0.2) is 0 Å². The average Bonchev–Trinajstić information content (AvgIpc) is 2.98. The summed E-state index contributed by atoms with van der Waals surface area (Å²) in [6.07, 6.45) is 54.4. The molecule has 0 amide bonds. The maximum atomic E-state index is 2.35. The normalized spacial score (nSPS) is 12.4. The van der Waals surface area contributed by atoms with Gasteiger partial charge in [0.1, 0.15) is 0 Å². The summed E-state index contributed by atoms with van der Waals surface area (Å²) in [5, 5.41) is 0. The molecule has 0 aliphatic rings. The van der Waals surface area contributed by atoms with E-state index in [-0.39, 0.29) is 0 Å². The predicted octanol–water partition coefficient (Wildman–Crippen LogP) is 15.3. The van der Waals surface area contributed by atoms with Crippen molar-refractivity contribution in [1.29, 1.82) is 0 Å². The second-order valence-electron chi connectivity index (χ2n) is 14.4. The van der Waals surface area contributed by atoms with E-state index in [0.717, 1.165) is 0 Å². The van der Waals surface area contributed by atoms with E-state index < -0.39 is 7.26 Å².